The second-order valence-electron chi connectivity index (χ2n) is 4.74. The van der Waals surface area contributed by atoms with E-state index in [1.807, 2.05) is 17.5 Å². The lowest BCUT2D eigenvalue weighted by Gasteiger charge is -2.05. The Morgan fingerprint density at radius 1 is 1.44 bits per heavy atom. The molecule has 6 nitrogen and oxygen atoms in total. The molecule has 1 aromatic carbocycles. The first kappa shape index (κ1) is 17.5. The van der Waals surface area contributed by atoms with Crippen molar-refractivity contribution in [3.05, 3.63) is 50.5 Å². The van der Waals surface area contributed by atoms with Crippen LogP contribution >= 0.6 is 34.7 Å². The number of aliphatic carboxylic acids is 1. The molecule has 0 spiro atoms. The molecule has 2 aromatic heterocycles. The van der Waals surface area contributed by atoms with Crippen LogP contribution in [0.1, 0.15) is 4.88 Å². The molecule has 0 fully saturated rings. The highest BCUT2D eigenvalue weighted by Gasteiger charge is 2.16. The number of aromatic nitrogens is 3. The van der Waals surface area contributed by atoms with E-state index < -0.39 is 5.97 Å². The van der Waals surface area contributed by atoms with Crippen LogP contribution in [0.3, 0.4) is 0 Å². The molecule has 25 heavy (non-hydrogen) atoms. The van der Waals surface area contributed by atoms with Gasteiger partial charge < -0.3 is 9.84 Å². The molecule has 2 N–H and O–H groups in total. The summed E-state index contributed by atoms with van der Waals surface area (Å²) in [4.78, 5) is 16.8. The molecule has 0 saturated carbocycles. The Kier molecular flexibility index (Phi) is 5.42. The summed E-state index contributed by atoms with van der Waals surface area (Å²) in [6.07, 6.45) is 1.59. The third-order valence-electron chi connectivity index (χ3n) is 3.11. The third-order valence-corrected chi connectivity index (χ3v) is 5.04. The number of aromatic amines is 1. The zero-order chi connectivity index (χ0) is 17.8. The van der Waals surface area contributed by atoms with Crippen LogP contribution in [0.4, 0.5) is 0 Å². The van der Waals surface area contributed by atoms with E-state index in [9.17, 15) is 9.90 Å². The molecule has 3 rings (SSSR count). The molecule has 9 heteroatoms. The first-order valence-electron chi connectivity index (χ1n) is 6.99. The van der Waals surface area contributed by atoms with Crippen molar-refractivity contribution < 1.29 is 14.6 Å². The predicted molar refractivity (Wildman–Crippen MR) is 99.2 cm³/mol. The summed E-state index contributed by atoms with van der Waals surface area (Å²) in [7, 11) is 1.55. The van der Waals surface area contributed by atoms with E-state index >= 15 is 0 Å². The molecular formula is C16H12ClN3O3S2. The first-order chi connectivity index (χ1) is 12.1. The Bertz CT molecular complexity index is 923. The molecule has 0 aliphatic heterocycles. The number of carbonyl (C=O) groups is 1. The van der Waals surface area contributed by atoms with E-state index in [1.165, 1.54) is 11.3 Å². The van der Waals surface area contributed by atoms with Crippen molar-refractivity contribution in [1.29, 1.82) is 0 Å². The van der Waals surface area contributed by atoms with Gasteiger partial charge in [-0.15, -0.1) is 16.4 Å². The normalized spacial score (nSPS) is 11.5. The fourth-order valence-electron chi connectivity index (χ4n) is 2.01. The number of thioether (sulfide) groups is 1. The van der Waals surface area contributed by atoms with Crippen LogP contribution in [0.2, 0.25) is 5.02 Å². The molecule has 0 atom stereocenters. The summed E-state index contributed by atoms with van der Waals surface area (Å²) in [5.41, 5.74) is 0.647. The fraction of sp³-hybridized carbons (Fsp3) is 0.0625. The molecule has 0 bridgehead atoms. The van der Waals surface area contributed by atoms with Crippen molar-refractivity contribution >= 4 is 46.7 Å². The highest BCUT2D eigenvalue weighted by atomic mass is 35.5. The zero-order valence-corrected chi connectivity index (χ0v) is 15.3. The van der Waals surface area contributed by atoms with Crippen LogP contribution in [0, 0.1) is 0 Å². The minimum Gasteiger partial charge on any atom is -0.496 e. The Balaban J connectivity index is 1.89. The van der Waals surface area contributed by atoms with Crippen LogP contribution in [-0.2, 0) is 4.79 Å². The molecule has 0 saturated heterocycles. The number of nitrogens with one attached hydrogen (secondary N) is 1. The van der Waals surface area contributed by atoms with Crippen molar-refractivity contribution in [1.82, 2.24) is 15.2 Å². The van der Waals surface area contributed by atoms with Gasteiger partial charge in [-0.05, 0) is 47.5 Å². The number of nitrogens with zero attached hydrogens (tertiary/aromatic N) is 2. The van der Waals surface area contributed by atoms with Gasteiger partial charge in [0.1, 0.15) is 10.7 Å². The number of hydrogen-bond donors (Lipinski definition) is 2. The second-order valence-corrected chi connectivity index (χ2v) is 7.17. The summed E-state index contributed by atoms with van der Waals surface area (Å²) in [6, 6.07) is 8.84. The molecular weight excluding hydrogens is 382 g/mol. The minimum atomic E-state index is -1.04. The van der Waals surface area contributed by atoms with E-state index in [4.69, 9.17) is 16.3 Å². The Labute approximate surface area is 156 Å². The summed E-state index contributed by atoms with van der Waals surface area (Å²) < 4.78 is 5.30. The van der Waals surface area contributed by atoms with Gasteiger partial charge in [0.25, 0.3) is 0 Å². The molecule has 0 amide bonds. The van der Waals surface area contributed by atoms with Gasteiger partial charge in [-0.3, -0.25) is 5.10 Å². The van der Waals surface area contributed by atoms with Crippen LogP contribution in [0.25, 0.3) is 17.5 Å². The number of H-pyrrole nitrogens is 1. The molecule has 128 valence electrons. The quantitative estimate of drug-likeness (QED) is 0.476. The number of rotatable bonds is 6. The van der Waals surface area contributed by atoms with Crippen molar-refractivity contribution in [3.63, 3.8) is 0 Å². The van der Waals surface area contributed by atoms with Crippen LogP contribution in [0.5, 0.6) is 5.75 Å². The number of methoxy groups -OCH3 is 1. The maximum Gasteiger partial charge on any atom is 0.342 e. The van der Waals surface area contributed by atoms with Crippen molar-refractivity contribution in [3.8, 4) is 17.1 Å². The number of hydrogen-bond acceptors (Lipinski definition) is 6. The standard InChI is InChI=1S/C16H12ClN3O3S2/c1-23-12-5-4-9(17)7-11(12)14-18-16(20-19-14)25-13(15(21)22)8-10-3-2-6-24-10/h2-8H,1H3,(H,21,22)(H,18,19,20)/b13-8-. The number of carboxylic acids is 1. The fourth-order valence-corrected chi connectivity index (χ4v) is 3.62. The lowest BCUT2D eigenvalue weighted by molar-refractivity contribution is -0.131. The van der Waals surface area contributed by atoms with E-state index in [0.717, 1.165) is 16.6 Å². The molecule has 3 aromatic rings. The van der Waals surface area contributed by atoms with Crippen molar-refractivity contribution in [2.24, 2.45) is 0 Å². The summed E-state index contributed by atoms with van der Waals surface area (Å²) in [5, 5.41) is 19.0. The van der Waals surface area contributed by atoms with Gasteiger partial charge in [-0.25, -0.2) is 9.78 Å². The average Bonchev–Trinajstić information content (AvgIpc) is 3.26. The van der Waals surface area contributed by atoms with Gasteiger partial charge in [0.05, 0.1) is 12.7 Å². The second kappa shape index (κ2) is 7.73. The molecule has 0 unspecified atom stereocenters. The van der Waals surface area contributed by atoms with E-state index in [-0.39, 0.29) is 4.91 Å². The predicted octanol–water partition coefficient (Wildman–Crippen LogP) is 4.41. The summed E-state index contributed by atoms with van der Waals surface area (Å²) in [6.45, 7) is 0. The number of carboxylic acid groups (broad SMARTS) is 1. The topological polar surface area (TPSA) is 88.1 Å². The number of halogens is 1. The van der Waals surface area contributed by atoms with E-state index in [2.05, 4.69) is 15.2 Å². The summed E-state index contributed by atoms with van der Waals surface area (Å²) >= 11 is 8.45. The zero-order valence-electron chi connectivity index (χ0n) is 12.9. The third kappa shape index (κ3) is 4.22. The Morgan fingerprint density at radius 3 is 2.96 bits per heavy atom. The molecule has 2 heterocycles. The molecule has 0 radical (unpaired) electrons. The van der Waals surface area contributed by atoms with E-state index in [0.29, 0.717) is 27.3 Å². The van der Waals surface area contributed by atoms with Crippen LogP contribution in [0.15, 0.2) is 45.8 Å². The largest absolute Gasteiger partial charge is 0.496 e. The first-order valence-corrected chi connectivity index (χ1v) is 9.07. The van der Waals surface area contributed by atoms with E-state index in [1.54, 1.807) is 31.4 Å². The van der Waals surface area contributed by atoms with Gasteiger partial charge in [0, 0.05) is 9.90 Å². The van der Waals surface area contributed by atoms with Crippen LogP contribution in [-0.4, -0.2) is 33.4 Å². The van der Waals surface area contributed by atoms with Gasteiger partial charge in [0.2, 0.25) is 5.16 Å². The van der Waals surface area contributed by atoms with Gasteiger partial charge in [-0.1, -0.05) is 17.7 Å². The highest BCUT2D eigenvalue weighted by molar-refractivity contribution is 8.04. The molecule has 0 aliphatic carbocycles. The molecule has 0 aliphatic rings. The highest BCUT2D eigenvalue weighted by Crippen LogP contribution is 2.33. The average molecular weight is 394 g/mol. The van der Waals surface area contributed by atoms with Crippen LogP contribution < -0.4 is 4.74 Å². The maximum atomic E-state index is 11.5. The smallest absolute Gasteiger partial charge is 0.342 e. The van der Waals surface area contributed by atoms with Crippen molar-refractivity contribution in [2.75, 3.05) is 7.11 Å². The number of ether oxygens (including phenoxy) is 1. The lowest BCUT2D eigenvalue weighted by atomic mass is 10.2. The minimum absolute atomic E-state index is 0.131. The Morgan fingerprint density at radius 2 is 2.28 bits per heavy atom. The number of thiophene rings is 1. The number of benzene rings is 1. The SMILES string of the molecule is COc1ccc(Cl)cc1-c1nc(S/C(=C\c2cccs2)C(=O)O)n[nH]1. The maximum absolute atomic E-state index is 11.5. The van der Waals surface area contributed by atoms with Gasteiger partial charge in [-0.2, -0.15) is 0 Å². The Hall–Kier alpha value is -2.29. The van der Waals surface area contributed by atoms with Gasteiger partial charge in [0.15, 0.2) is 5.82 Å². The summed E-state index contributed by atoms with van der Waals surface area (Å²) in [5.74, 6) is -0.00233. The van der Waals surface area contributed by atoms with Crippen molar-refractivity contribution in [2.45, 2.75) is 5.16 Å². The van der Waals surface area contributed by atoms with Gasteiger partial charge >= 0.3 is 5.97 Å². The lowest BCUT2D eigenvalue weighted by Crippen LogP contribution is -1.96. The monoisotopic (exact) mass is 393 g/mol.